The first-order valence-corrected chi connectivity index (χ1v) is 10.8. The molecule has 3 rings (SSSR count). The van der Waals surface area contributed by atoms with Gasteiger partial charge in [0.25, 0.3) is 0 Å². The predicted molar refractivity (Wildman–Crippen MR) is 126 cm³/mol. The molecule has 3 aromatic carbocycles. The molecule has 0 spiro atoms. The standard InChI is InChI=1S/C26H25BF6O2/c1-23(2,34)24(3,4)35-27-22-11-9-17(10-12-22)16-5-7-18(8-6-16)19-13-20(25(28,29)30)15-21(14-19)26(31,32)33/h5-15,27,34H,1-4H3. The molecule has 0 saturated heterocycles. The topological polar surface area (TPSA) is 29.5 Å². The van der Waals surface area contributed by atoms with E-state index in [1.165, 1.54) is 12.1 Å². The average Bonchev–Trinajstić information content (AvgIpc) is 2.76. The molecule has 0 heterocycles. The third kappa shape index (κ3) is 6.47. The zero-order chi connectivity index (χ0) is 26.2. The summed E-state index contributed by atoms with van der Waals surface area (Å²) in [5.41, 5.74) is -1.97. The summed E-state index contributed by atoms with van der Waals surface area (Å²) in [5, 5.41) is 10.2. The first kappa shape index (κ1) is 26.8. The van der Waals surface area contributed by atoms with Crippen molar-refractivity contribution in [3.63, 3.8) is 0 Å². The van der Waals surface area contributed by atoms with Gasteiger partial charge in [0.05, 0.1) is 22.3 Å². The second-order valence-corrected chi connectivity index (χ2v) is 9.43. The maximum atomic E-state index is 13.2. The second kappa shape index (κ2) is 9.35. The maximum Gasteiger partial charge on any atom is 0.416 e. The number of rotatable bonds is 6. The summed E-state index contributed by atoms with van der Waals surface area (Å²) in [7, 11) is 0.285. The summed E-state index contributed by atoms with van der Waals surface area (Å²) in [6.45, 7) is 6.93. The van der Waals surface area contributed by atoms with Crippen LogP contribution in [-0.4, -0.2) is 23.8 Å². The highest BCUT2D eigenvalue weighted by molar-refractivity contribution is 6.47. The van der Waals surface area contributed by atoms with Crippen LogP contribution in [0.3, 0.4) is 0 Å². The summed E-state index contributed by atoms with van der Waals surface area (Å²) in [6.07, 6.45) is -9.80. The molecule has 0 bridgehead atoms. The normalized spacial score (nSPS) is 13.1. The molecule has 2 nitrogen and oxygen atoms in total. The van der Waals surface area contributed by atoms with Crippen molar-refractivity contribution in [3.05, 3.63) is 77.9 Å². The van der Waals surface area contributed by atoms with Gasteiger partial charge in [-0.3, -0.25) is 0 Å². The summed E-state index contributed by atoms with van der Waals surface area (Å²) in [6, 6.07) is 15.2. The molecule has 9 heteroatoms. The molecule has 1 N–H and O–H groups in total. The molecule has 0 fully saturated rings. The molecule has 0 saturated carbocycles. The first-order chi connectivity index (χ1) is 16.0. The summed E-state index contributed by atoms with van der Waals surface area (Å²) < 4.78 is 84.8. The minimum absolute atomic E-state index is 0.117. The number of aliphatic hydroxyl groups is 1. The molecule has 0 aliphatic carbocycles. The Balaban J connectivity index is 1.82. The zero-order valence-corrected chi connectivity index (χ0v) is 19.7. The summed E-state index contributed by atoms with van der Waals surface area (Å²) >= 11 is 0. The Morgan fingerprint density at radius 1 is 0.600 bits per heavy atom. The van der Waals surface area contributed by atoms with Crippen molar-refractivity contribution in [2.24, 2.45) is 0 Å². The van der Waals surface area contributed by atoms with Crippen LogP contribution >= 0.6 is 0 Å². The number of halogens is 6. The number of benzene rings is 3. The molecule has 0 unspecified atom stereocenters. The fourth-order valence-corrected chi connectivity index (χ4v) is 3.21. The molecular formula is C26H25BF6O2. The van der Waals surface area contributed by atoms with Crippen LogP contribution < -0.4 is 5.46 Å². The van der Waals surface area contributed by atoms with Crippen molar-refractivity contribution in [2.75, 3.05) is 0 Å². The fraction of sp³-hybridized carbons (Fsp3) is 0.308. The quantitative estimate of drug-likeness (QED) is 0.309. The van der Waals surface area contributed by atoms with E-state index in [1.54, 1.807) is 39.8 Å². The van der Waals surface area contributed by atoms with Crippen LogP contribution in [0.25, 0.3) is 22.3 Å². The zero-order valence-electron chi connectivity index (χ0n) is 19.7. The van der Waals surface area contributed by atoms with E-state index < -0.39 is 34.7 Å². The van der Waals surface area contributed by atoms with E-state index in [0.717, 1.165) is 16.6 Å². The van der Waals surface area contributed by atoms with Gasteiger partial charge in [0, 0.05) is 0 Å². The highest BCUT2D eigenvalue weighted by atomic mass is 19.4. The minimum Gasteiger partial charge on any atom is -0.427 e. The van der Waals surface area contributed by atoms with E-state index in [2.05, 4.69) is 0 Å². The van der Waals surface area contributed by atoms with Crippen molar-refractivity contribution < 1.29 is 36.1 Å². The van der Waals surface area contributed by atoms with Gasteiger partial charge in [-0.1, -0.05) is 54.0 Å². The highest BCUT2D eigenvalue weighted by Crippen LogP contribution is 2.39. The Bertz CT molecular complexity index is 1130. The van der Waals surface area contributed by atoms with E-state index in [0.29, 0.717) is 12.1 Å². The molecule has 35 heavy (non-hydrogen) atoms. The van der Waals surface area contributed by atoms with Crippen molar-refractivity contribution >= 4 is 12.9 Å². The second-order valence-electron chi connectivity index (χ2n) is 9.43. The predicted octanol–water partition coefficient (Wildman–Crippen LogP) is 6.60. The van der Waals surface area contributed by atoms with Crippen molar-refractivity contribution in [2.45, 2.75) is 51.2 Å². The third-order valence-electron chi connectivity index (χ3n) is 6.17. The first-order valence-electron chi connectivity index (χ1n) is 10.8. The molecule has 0 radical (unpaired) electrons. The molecule has 0 atom stereocenters. The average molecular weight is 494 g/mol. The summed E-state index contributed by atoms with van der Waals surface area (Å²) in [4.78, 5) is 0. The monoisotopic (exact) mass is 494 g/mol. The third-order valence-corrected chi connectivity index (χ3v) is 6.17. The molecule has 3 aromatic rings. The molecule has 186 valence electrons. The van der Waals surface area contributed by atoms with Gasteiger partial charge in [0.1, 0.15) is 0 Å². The Hall–Kier alpha value is -2.78. The van der Waals surface area contributed by atoms with Crippen molar-refractivity contribution in [1.82, 2.24) is 0 Å². The van der Waals surface area contributed by atoms with Gasteiger partial charge < -0.3 is 9.76 Å². The minimum atomic E-state index is -4.90. The number of hydrogen-bond donors (Lipinski definition) is 1. The molecule has 0 aromatic heterocycles. The van der Waals surface area contributed by atoms with E-state index in [1.807, 2.05) is 24.3 Å². The lowest BCUT2D eigenvalue weighted by molar-refractivity contribution is -0.143. The van der Waals surface area contributed by atoms with Gasteiger partial charge in [-0.05, 0) is 68.1 Å². The van der Waals surface area contributed by atoms with Crippen LogP contribution in [0.2, 0.25) is 0 Å². The van der Waals surface area contributed by atoms with Crippen LogP contribution in [0.5, 0.6) is 0 Å². The van der Waals surface area contributed by atoms with Crippen LogP contribution in [0.1, 0.15) is 38.8 Å². The maximum absolute atomic E-state index is 13.2. The van der Waals surface area contributed by atoms with E-state index >= 15 is 0 Å². The Labute approximate surface area is 200 Å². The molecule has 0 aliphatic rings. The van der Waals surface area contributed by atoms with E-state index in [9.17, 15) is 31.4 Å². The fourth-order valence-electron chi connectivity index (χ4n) is 3.21. The largest absolute Gasteiger partial charge is 0.427 e. The lowest BCUT2D eigenvalue weighted by atomic mass is 9.82. The Morgan fingerprint density at radius 3 is 1.34 bits per heavy atom. The summed E-state index contributed by atoms with van der Waals surface area (Å²) in [5.74, 6) is 0. The van der Waals surface area contributed by atoms with Crippen LogP contribution in [0, 0.1) is 0 Å². The molecule has 0 aliphatic heterocycles. The highest BCUT2D eigenvalue weighted by Gasteiger charge is 2.37. The van der Waals surface area contributed by atoms with Crippen LogP contribution in [0.4, 0.5) is 26.3 Å². The SMILES string of the molecule is CC(C)(O)C(C)(C)OBc1ccc(-c2ccc(-c3cc(C(F)(F)F)cc(C(F)(F)F)c3)cc2)cc1. The van der Waals surface area contributed by atoms with Gasteiger partial charge >= 0.3 is 19.8 Å². The van der Waals surface area contributed by atoms with Crippen LogP contribution in [-0.2, 0) is 17.0 Å². The van der Waals surface area contributed by atoms with Gasteiger partial charge in [-0.2, -0.15) is 26.3 Å². The molecular weight excluding hydrogens is 469 g/mol. The lowest BCUT2D eigenvalue weighted by Crippen LogP contribution is -2.49. The van der Waals surface area contributed by atoms with E-state index in [4.69, 9.17) is 4.65 Å². The van der Waals surface area contributed by atoms with Gasteiger partial charge in [0.2, 0.25) is 0 Å². The van der Waals surface area contributed by atoms with Gasteiger partial charge in [-0.15, -0.1) is 0 Å². The number of hydrogen-bond acceptors (Lipinski definition) is 2. The molecule has 0 amide bonds. The Kier molecular flexibility index (Phi) is 7.17. The van der Waals surface area contributed by atoms with Crippen LogP contribution in [0.15, 0.2) is 66.7 Å². The lowest BCUT2D eigenvalue weighted by Gasteiger charge is -2.37. The van der Waals surface area contributed by atoms with Gasteiger partial charge in [-0.25, -0.2) is 0 Å². The number of alkyl halides is 6. The van der Waals surface area contributed by atoms with Crippen molar-refractivity contribution in [1.29, 1.82) is 0 Å². The van der Waals surface area contributed by atoms with Crippen molar-refractivity contribution in [3.8, 4) is 22.3 Å². The van der Waals surface area contributed by atoms with Gasteiger partial charge in [0.15, 0.2) is 0 Å². The smallest absolute Gasteiger partial charge is 0.416 e. The van der Waals surface area contributed by atoms with E-state index in [-0.39, 0.29) is 24.7 Å². The Morgan fingerprint density at radius 2 is 0.971 bits per heavy atom.